The number of fused-ring (bicyclic) bond motifs is 1. The van der Waals surface area contributed by atoms with Gasteiger partial charge in [0.25, 0.3) is 0 Å². The quantitative estimate of drug-likeness (QED) is 0.769. The normalized spacial score (nSPS) is 10.8. The highest BCUT2D eigenvalue weighted by atomic mass is 19.2. The molecule has 0 bridgehead atoms. The van der Waals surface area contributed by atoms with Crippen molar-refractivity contribution in [2.24, 2.45) is 0 Å². The first-order valence-corrected chi connectivity index (χ1v) is 6.68. The Hall–Kier alpha value is -2.49. The van der Waals surface area contributed by atoms with Gasteiger partial charge in [-0.25, -0.2) is 8.78 Å². The van der Waals surface area contributed by atoms with Crippen molar-refractivity contribution in [2.45, 2.75) is 13.5 Å². The minimum Gasteiger partial charge on any atom is -0.381 e. The Bertz CT molecular complexity index is 800. The average Bonchev–Trinajstić information content (AvgIpc) is 2.48. The van der Waals surface area contributed by atoms with E-state index in [4.69, 9.17) is 0 Å². The number of nitrogens with one attached hydrogen (secondary N) is 1. The number of benzene rings is 2. The number of hydrogen-bond donors (Lipinski definition) is 1. The van der Waals surface area contributed by atoms with Crippen LogP contribution in [0, 0.1) is 18.6 Å². The van der Waals surface area contributed by atoms with Crippen molar-refractivity contribution < 1.29 is 8.78 Å². The number of anilines is 1. The molecule has 0 aliphatic carbocycles. The maximum Gasteiger partial charge on any atom is 0.160 e. The van der Waals surface area contributed by atoms with Crippen LogP contribution in [0.4, 0.5) is 14.5 Å². The summed E-state index contributed by atoms with van der Waals surface area (Å²) in [5, 5.41) is 4.17. The molecule has 0 amide bonds. The fourth-order valence-corrected chi connectivity index (χ4v) is 2.34. The van der Waals surface area contributed by atoms with Gasteiger partial charge in [0.2, 0.25) is 0 Å². The predicted molar refractivity (Wildman–Crippen MR) is 80.2 cm³/mol. The van der Waals surface area contributed by atoms with Crippen molar-refractivity contribution in [1.29, 1.82) is 0 Å². The van der Waals surface area contributed by atoms with E-state index in [0.717, 1.165) is 34.3 Å². The fourth-order valence-electron chi connectivity index (χ4n) is 2.34. The predicted octanol–water partition coefficient (Wildman–Crippen LogP) is 4.43. The summed E-state index contributed by atoms with van der Waals surface area (Å²) in [6.07, 6.45) is 0. The molecule has 106 valence electrons. The first kappa shape index (κ1) is 13.5. The molecular formula is C17H14F2N2. The molecule has 21 heavy (non-hydrogen) atoms. The second-order valence-electron chi connectivity index (χ2n) is 4.92. The van der Waals surface area contributed by atoms with Crippen molar-refractivity contribution in [2.75, 3.05) is 5.32 Å². The van der Waals surface area contributed by atoms with Crippen LogP contribution in [0.3, 0.4) is 0 Å². The molecule has 0 aliphatic heterocycles. The smallest absolute Gasteiger partial charge is 0.160 e. The maximum atomic E-state index is 13.2. The van der Waals surface area contributed by atoms with Gasteiger partial charge in [-0.2, -0.15) is 0 Å². The zero-order chi connectivity index (χ0) is 14.8. The summed E-state index contributed by atoms with van der Waals surface area (Å²) in [5.74, 6) is -1.69. The van der Waals surface area contributed by atoms with Crippen molar-refractivity contribution in [3.8, 4) is 0 Å². The van der Waals surface area contributed by atoms with Crippen LogP contribution in [0.1, 0.15) is 11.3 Å². The summed E-state index contributed by atoms with van der Waals surface area (Å²) >= 11 is 0. The molecule has 1 N–H and O–H groups in total. The number of aromatic nitrogens is 1. The van der Waals surface area contributed by atoms with E-state index in [1.807, 2.05) is 37.3 Å². The topological polar surface area (TPSA) is 24.9 Å². The second kappa shape index (κ2) is 5.48. The summed E-state index contributed by atoms with van der Waals surface area (Å²) in [5.41, 5.74) is 3.48. The van der Waals surface area contributed by atoms with Gasteiger partial charge in [-0.15, -0.1) is 0 Å². The molecule has 0 unspecified atom stereocenters. The summed E-state index contributed by atoms with van der Waals surface area (Å²) in [6.45, 7) is 2.46. The van der Waals surface area contributed by atoms with E-state index < -0.39 is 11.6 Å². The average molecular weight is 284 g/mol. The van der Waals surface area contributed by atoms with Crippen LogP contribution in [0.5, 0.6) is 0 Å². The molecule has 2 nitrogen and oxygen atoms in total. The molecular weight excluding hydrogens is 270 g/mol. The van der Waals surface area contributed by atoms with E-state index in [9.17, 15) is 8.78 Å². The summed E-state index contributed by atoms with van der Waals surface area (Å²) in [7, 11) is 0. The number of para-hydroxylation sites is 1. The third kappa shape index (κ3) is 2.84. The third-order valence-electron chi connectivity index (χ3n) is 3.33. The number of rotatable bonds is 3. The molecule has 4 heteroatoms. The number of aryl methyl sites for hydroxylation is 1. The second-order valence-corrected chi connectivity index (χ2v) is 4.92. The van der Waals surface area contributed by atoms with Crippen molar-refractivity contribution in [1.82, 2.24) is 4.98 Å². The molecule has 0 aliphatic rings. The molecule has 3 rings (SSSR count). The van der Waals surface area contributed by atoms with Gasteiger partial charge in [0.15, 0.2) is 11.6 Å². The lowest BCUT2D eigenvalue weighted by molar-refractivity contribution is 0.509. The van der Waals surface area contributed by atoms with Crippen LogP contribution < -0.4 is 5.32 Å². The lowest BCUT2D eigenvalue weighted by atomic mass is 10.1. The number of nitrogens with zero attached hydrogens (tertiary/aromatic N) is 1. The monoisotopic (exact) mass is 284 g/mol. The molecule has 2 aromatic carbocycles. The molecule has 0 saturated heterocycles. The molecule has 0 saturated carbocycles. The molecule has 0 atom stereocenters. The zero-order valence-corrected chi connectivity index (χ0v) is 11.5. The molecule has 1 aromatic heterocycles. The molecule has 0 fully saturated rings. The summed E-state index contributed by atoms with van der Waals surface area (Å²) < 4.78 is 26.1. The Labute approximate surface area is 121 Å². The van der Waals surface area contributed by atoms with E-state index in [1.54, 1.807) is 0 Å². The van der Waals surface area contributed by atoms with Gasteiger partial charge in [-0.1, -0.05) is 18.2 Å². The van der Waals surface area contributed by atoms with Crippen LogP contribution in [-0.2, 0) is 6.54 Å². The van der Waals surface area contributed by atoms with Crippen LogP contribution >= 0.6 is 0 Å². The van der Waals surface area contributed by atoms with E-state index in [0.29, 0.717) is 12.2 Å². The number of halogens is 2. The van der Waals surface area contributed by atoms with Gasteiger partial charge in [0.1, 0.15) is 0 Å². The molecule has 1 heterocycles. The Morgan fingerprint density at radius 1 is 1.00 bits per heavy atom. The van der Waals surface area contributed by atoms with Gasteiger partial charge in [0.05, 0.1) is 5.52 Å². The zero-order valence-electron chi connectivity index (χ0n) is 11.5. The van der Waals surface area contributed by atoms with Gasteiger partial charge in [-0.3, -0.25) is 4.98 Å². The van der Waals surface area contributed by atoms with Crippen molar-refractivity contribution >= 4 is 16.6 Å². The van der Waals surface area contributed by atoms with Crippen LogP contribution in [0.15, 0.2) is 48.5 Å². The molecule has 0 radical (unpaired) electrons. The Kier molecular flexibility index (Phi) is 3.52. The van der Waals surface area contributed by atoms with Gasteiger partial charge in [-0.05, 0) is 36.8 Å². The Morgan fingerprint density at radius 2 is 1.81 bits per heavy atom. The number of pyridine rings is 1. The first-order valence-electron chi connectivity index (χ1n) is 6.68. The fraction of sp³-hybridized carbons (Fsp3) is 0.118. The van der Waals surface area contributed by atoms with E-state index in [-0.39, 0.29) is 0 Å². The van der Waals surface area contributed by atoms with E-state index in [2.05, 4.69) is 10.3 Å². The molecule has 0 spiro atoms. The highest BCUT2D eigenvalue weighted by molar-refractivity contribution is 5.82. The first-order chi connectivity index (χ1) is 10.1. The lowest BCUT2D eigenvalue weighted by Gasteiger charge is -2.10. The number of hydrogen-bond acceptors (Lipinski definition) is 2. The Morgan fingerprint density at radius 3 is 2.62 bits per heavy atom. The summed E-state index contributed by atoms with van der Waals surface area (Å²) in [6, 6.07) is 13.7. The van der Waals surface area contributed by atoms with Gasteiger partial charge < -0.3 is 5.32 Å². The standard InChI is InChI=1S/C17H14F2N2/c1-11-8-12(14-4-2-3-5-17(14)21-11)10-20-13-6-7-15(18)16(19)9-13/h2-9,20H,10H2,1H3. The van der Waals surface area contributed by atoms with Crippen molar-refractivity contribution in [3.05, 3.63) is 71.4 Å². The van der Waals surface area contributed by atoms with Gasteiger partial charge in [0, 0.05) is 29.4 Å². The van der Waals surface area contributed by atoms with Crippen LogP contribution in [0.25, 0.3) is 10.9 Å². The Balaban J connectivity index is 1.89. The SMILES string of the molecule is Cc1cc(CNc2ccc(F)c(F)c2)c2ccccc2n1. The molecule has 3 aromatic rings. The third-order valence-corrected chi connectivity index (χ3v) is 3.33. The van der Waals surface area contributed by atoms with E-state index in [1.165, 1.54) is 6.07 Å². The largest absolute Gasteiger partial charge is 0.381 e. The van der Waals surface area contributed by atoms with E-state index >= 15 is 0 Å². The highest BCUT2D eigenvalue weighted by Gasteiger charge is 2.05. The minimum atomic E-state index is -0.851. The summed E-state index contributed by atoms with van der Waals surface area (Å²) in [4.78, 5) is 4.48. The maximum absolute atomic E-state index is 13.2. The minimum absolute atomic E-state index is 0.523. The lowest BCUT2D eigenvalue weighted by Crippen LogP contribution is -2.02. The van der Waals surface area contributed by atoms with Gasteiger partial charge >= 0.3 is 0 Å². The highest BCUT2D eigenvalue weighted by Crippen LogP contribution is 2.20. The van der Waals surface area contributed by atoms with Crippen molar-refractivity contribution in [3.63, 3.8) is 0 Å². The van der Waals surface area contributed by atoms with Crippen LogP contribution in [-0.4, -0.2) is 4.98 Å². The van der Waals surface area contributed by atoms with Crippen LogP contribution in [0.2, 0.25) is 0 Å².